The molecular formula is C8H14N2O2S2. The molecule has 4 nitrogen and oxygen atoms in total. The van der Waals surface area contributed by atoms with Crippen LogP contribution in [-0.2, 0) is 16.6 Å². The van der Waals surface area contributed by atoms with Gasteiger partial charge in [-0.2, -0.15) is 0 Å². The smallest absolute Gasteiger partial charge is 0.247 e. The van der Waals surface area contributed by atoms with E-state index in [0.717, 1.165) is 17.8 Å². The highest BCUT2D eigenvalue weighted by atomic mass is 32.2. The van der Waals surface area contributed by atoms with Crippen LogP contribution in [0.1, 0.15) is 18.2 Å². The Bertz CT molecular complexity index is 384. The zero-order chi connectivity index (χ0) is 10.6. The molecule has 0 aliphatic rings. The minimum Gasteiger partial charge on any atom is -0.312 e. The number of sulfonamides is 1. The van der Waals surface area contributed by atoms with Crippen LogP contribution in [0, 0.1) is 0 Å². The molecule has 0 saturated carbocycles. The van der Waals surface area contributed by atoms with Crippen molar-refractivity contribution in [3.63, 3.8) is 0 Å². The van der Waals surface area contributed by atoms with Crippen LogP contribution in [0.2, 0.25) is 0 Å². The normalized spacial score (nSPS) is 11.9. The number of hydrogen-bond acceptors (Lipinski definition) is 4. The summed E-state index contributed by atoms with van der Waals surface area (Å²) in [6.07, 6.45) is 1.06. The van der Waals surface area contributed by atoms with Crippen LogP contribution in [0.15, 0.2) is 16.3 Å². The molecule has 1 aromatic rings. The molecule has 6 heteroatoms. The molecule has 0 aliphatic carbocycles. The molecule has 0 atom stereocenters. The van der Waals surface area contributed by atoms with Crippen molar-refractivity contribution in [3.8, 4) is 0 Å². The van der Waals surface area contributed by atoms with Gasteiger partial charge in [-0.15, -0.1) is 11.3 Å². The van der Waals surface area contributed by atoms with E-state index in [9.17, 15) is 8.42 Å². The van der Waals surface area contributed by atoms with E-state index in [1.165, 1.54) is 11.3 Å². The standard InChI is InChI=1S/C8H14N2O2S2/c1-2-5-10-6-7-3-4-8(13-7)14(9,11)12/h3-4,10H,2,5-6H2,1H3,(H2,9,11,12). The van der Waals surface area contributed by atoms with Gasteiger partial charge in [-0.05, 0) is 25.1 Å². The molecule has 0 saturated heterocycles. The summed E-state index contributed by atoms with van der Waals surface area (Å²) in [6, 6.07) is 3.33. The summed E-state index contributed by atoms with van der Waals surface area (Å²) in [6.45, 7) is 3.72. The molecule has 1 aromatic heterocycles. The van der Waals surface area contributed by atoms with Crippen LogP contribution in [0.5, 0.6) is 0 Å². The van der Waals surface area contributed by atoms with Gasteiger partial charge in [-0.1, -0.05) is 6.92 Å². The lowest BCUT2D eigenvalue weighted by molar-refractivity contribution is 0.600. The average Bonchev–Trinajstić information content (AvgIpc) is 2.52. The topological polar surface area (TPSA) is 72.2 Å². The molecule has 0 aliphatic heterocycles. The van der Waals surface area contributed by atoms with Gasteiger partial charge in [0, 0.05) is 11.4 Å². The van der Waals surface area contributed by atoms with Crippen LogP contribution < -0.4 is 10.5 Å². The first-order chi connectivity index (χ1) is 6.54. The molecule has 0 unspecified atom stereocenters. The van der Waals surface area contributed by atoms with Gasteiger partial charge >= 0.3 is 0 Å². The Balaban J connectivity index is 2.60. The monoisotopic (exact) mass is 234 g/mol. The second-order valence-corrected chi connectivity index (χ2v) is 5.90. The summed E-state index contributed by atoms with van der Waals surface area (Å²) in [5.41, 5.74) is 0. The fourth-order valence-corrected chi connectivity index (χ4v) is 2.74. The minimum absolute atomic E-state index is 0.228. The molecule has 0 radical (unpaired) electrons. The summed E-state index contributed by atoms with van der Waals surface area (Å²) in [7, 11) is -3.52. The van der Waals surface area contributed by atoms with Crippen molar-refractivity contribution in [1.82, 2.24) is 5.32 Å². The summed E-state index contributed by atoms with van der Waals surface area (Å²) in [5.74, 6) is 0. The van der Waals surface area contributed by atoms with Crippen molar-refractivity contribution >= 4 is 21.4 Å². The molecule has 0 aromatic carbocycles. The van der Waals surface area contributed by atoms with E-state index >= 15 is 0 Å². The number of nitrogens with one attached hydrogen (secondary N) is 1. The van der Waals surface area contributed by atoms with Crippen molar-refractivity contribution in [3.05, 3.63) is 17.0 Å². The first-order valence-electron chi connectivity index (χ1n) is 4.36. The number of rotatable bonds is 5. The summed E-state index contributed by atoms with van der Waals surface area (Å²) < 4.78 is 22.1. The van der Waals surface area contributed by atoms with Gasteiger partial charge in [0.15, 0.2) is 0 Å². The van der Waals surface area contributed by atoms with E-state index in [-0.39, 0.29) is 4.21 Å². The van der Waals surface area contributed by atoms with Gasteiger partial charge in [0.2, 0.25) is 10.0 Å². The molecule has 0 bridgehead atoms. The molecule has 14 heavy (non-hydrogen) atoms. The maximum atomic E-state index is 10.9. The van der Waals surface area contributed by atoms with Crippen molar-refractivity contribution in [1.29, 1.82) is 0 Å². The second kappa shape index (κ2) is 4.88. The van der Waals surface area contributed by atoms with Gasteiger partial charge < -0.3 is 5.32 Å². The maximum absolute atomic E-state index is 10.9. The number of thiophene rings is 1. The highest BCUT2D eigenvalue weighted by Gasteiger charge is 2.10. The Morgan fingerprint density at radius 2 is 2.21 bits per heavy atom. The summed E-state index contributed by atoms with van der Waals surface area (Å²) in [5, 5.41) is 8.18. The fourth-order valence-electron chi connectivity index (χ4n) is 0.995. The van der Waals surface area contributed by atoms with Crippen LogP contribution in [0.3, 0.4) is 0 Å². The third kappa shape index (κ3) is 3.38. The van der Waals surface area contributed by atoms with E-state index in [4.69, 9.17) is 5.14 Å². The molecule has 0 amide bonds. The third-order valence-electron chi connectivity index (χ3n) is 1.64. The number of primary sulfonamides is 1. The molecular weight excluding hydrogens is 220 g/mol. The first-order valence-corrected chi connectivity index (χ1v) is 6.72. The highest BCUT2D eigenvalue weighted by Crippen LogP contribution is 2.19. The SMILES string of the molecule is CCCNCc1ccc(S(N)(=O)=O)s1. The third-order valence-corrected chi connectivity index (χ3v) is 4.17. The van der Waals surface area contributed by atoms with Crippen LogP contribution in [-0.4, -0.2) is 15.0 Å². The van der Waals surface area contributed by atoms with E-state index in [0.29, 0.717) is 6.54 Å². The van der Waals surface area contributed by atoms with Gasteiger partial charge in [-0.3, -0.25) is 0 Å². The Labute approximate surface area is 88.2 Å². The first kappa shape index (κ1) is 11.6. The Hall–Kier alpha value is -0.430. The number of nitrogens with two attached hydrogens (primary N) is 1. The lowest BCUT2D eigenvalue weighted by Crippen LogP contribution is -2.12. The predicted octanol–water partition coefficient (Wildman–Crippen LogP) is 0.895. The van der Waals surface area contributed by atoms with E-state index in [2.05, 4.69) is 12.2 Å². The predicted molar refractivity (Wildman–Crippen MR) is 57.7 cm³/mol. The van der Waals surface area contributed by atoms with Crippen molar-refractivity contribution in [2.45, 2.75) is 24.1 Å². The largest absolute Gasteiger partial charge is 0.312 e. The Morgan fingerprint density at radius 1 is 1.50 bits per heavy atom. The van der Waals surface area contributed by atoms with Gasteiger partial charge in [-0.25, -0.2) is 13.6 Å². The molecule has 0 spiro atoms. The Kier molecular flexibility index (Phi) is 4.06. The van der Waals surface area contributed by atoms with Crippen molar-refractivity contribution < 1.29 is 8.42 Å². The van der Waals surface area contributed by atoms with Crippen LogP contribution in [0.4, 0.5) is 0 Å². The van der Waals surface area contributed by atoms with Crippen molar-refractivity contribution in [2.75, 3.05) is 6.54 Å². The lowest BCUT2D eigenvalue weighted by Gasteiger charge is -1.98. The molecule has 0 fully saturated rings. The van der Waals surface area contributed by atoms with Gasteiger partial charge in [0.1, 0.15) is 4.21 Å². The van der Waals surface area contributed by atoms with E-state index in [1.807, 2.05) is 0 Å². The summed E-state index contributed by atoms with van der Waals surface area (Å²) >= 11 is 1.21. The molecule has 1 heterocycles. The fraction of sp³-hybridized carbons (Fsp3) is 0.500. The molecule has 1 rings (SSSR count). The molecule has 80 valence electrons. The quantitative estimate of drug-likeness (QED) is 0.743. The average molecular weight is 234 g/mol. The lowest BCUT2D eigenvalue weighted by atomic mass is 10.4. The van der Waals surface area contributed by atoms with Gasteiger partial charge in [0.05, 0.1) is 0 Å². The van der Waals surface area contributed by atoms with E-state index < -0.39 is 10.0 Å². The highest BCUT2D eigenvalue weighted by molar-refractivity contribution is 7.91. The molecule has 3 N–H and O–H groups in total. The second-order valence-electron chi connectivity index (χ2n) is 2.94. The van der Waals surface area contributed by atoms with Gasteiger partial charge in [0.25, 0.3) is 0 Å². The van der Waals surface area contributed by atoms with E-state index in [1.54, 1.807) is 12.1 Å². The van der Waals surface area contributed by atoms with Crippen molar-refractivity contribution in [2.24, 2.45) is 5.14 Å². The van der Waals surface area contributed by atoms with Crippen LogP contribution >= 0.6 is 11.3 Å². The summed E-state index contributed by atoms with van der Waals surface area (Å²) in [4.78, 5) is 0.988. The number of hydrogen-bond donors (Lipinski definition) is 2. The minimum atomic E-state index is -3.52. The zero-order valence-corrected chi connectivity index (χ0v) is 9.62. The van der Waals surface area contributed by atoms with Crippen LogP contribution in [0.25, 0.3) is 0 Å². The Morgan fingerprint density at radius 3 is 2.71 bits per heavy atom. The maximum Gasteiger partial charge on any atom is 0.247 e. The zero-order valence-electron chi connectivity index (χ0n) is 7.99.